The van der Waals surface area contributed by atoms with E-state index in [-0.39, 0.29) is 10.8 Å². The topological polar surface area (TPSA) is 59.7 Å². The van der Waals surface area contributed by atoms with Crippen LogP contribution in [0, 0.1) is 0 Å². The Kier molecular flexibility index (Phi) is 2.28. The van der Waals surface area contributed by atoms with Crippen molar-refractivity contribution < 1.29 is 19.1 Å². The van der Waals surface area contributed by atoms with Gasteiger partial charge in [0.25, 0.3) is 0 Å². The summed E-state index contributed by atoms with van der Waals surface area (Å²) in [6, 6.07) is 4.92. The summed E-state index contributed by atoms with van der Waals surface area (Å²) in [5.74, 6) is -0.836. The van der Waals surface area contributed by atoms with Gasteiger partial charge in [0.05, 0.1) is 7.11 Å². The molecule has 15 heavy (non-hydrogen) atoms. The zero-order valence-electron chi connectivity index (χ0n) is 7.78. The minimum atomic E-state index is -1.19. The fourth-order valence-electron chi connectivity index (χ4n) is 1.31. The van der Waals surface area contributed by atoms with Gasteiger partial charge in [-0.25, -0.2) is 4.79 Å². The molecule has 0 aliphatic heterocycles. The van der Waals surface area contributed by atoms with E-state index in [1.165, 1.54) is 7.11 Å². The third kappa shape index (κ3) is 1.53. The number of carbonyl (C=O) groups is 1. The maximum Gasteiger partial charge on any atom is 0.373 e. The largest absolute Gasteiger partial charge is 0.497 e. The summed E-state index contributed by atoms with van der Waals surface area (Å²) in [5.41, 5.74) is 0.429. The highest BCUT2D eigenvalue weighted by Crippen LogP contribution is 2.32. The molecule has 4 nitrogen and oxygen atoms in total. The van der Waals surface area contributed by atoms with Gasteiger partial charge in [0.15, 0.2) is 0 Å². The summed E-state index contributed by atoms with van der Waals surface area (Å²) in [5, 5.41) is 9.41. The first-order valence-electron chi connectivity index (χ1n) is 4.13. The summed E-state index contributed by atoms with van der Waals surface area (Å²) < 4.78 is 10.1. The van der Waals surface area contributed by atoms with Crippen LogP contribution in [0.4, 0.5) is 0 Å². The van der Waals surface area contributed by atoms with Crippen molar-refractivity contribution in [3.63, 3.8) is 0 Å². The number of fused-ring (bicyclic) bond motifs is 1. The molecule has 0 spiro atoms. The van der Waals surface area contributed by atoms with E-state index in [0.29, 0.717) is 16.7 Å². The van der Waals surface area contributed by atoms with Gasteiger partial charge in [-0.3, -0.25) is 0 Å². The van der Waals surface area contributed by atoms with Crippen LogP contribution in [0.2, 0.25) is 5.02 Å². The molecule has 0 aliphatic rings. The van der Waals surface area contributed by atoms with E-state index in [9.17, 15) is 4.79 Å². The quantitative estimate of drug-likeness (QED) is 0.855. The Labute approximate surface area is 90.0 Å². The van der Waals surface area contributed by atoms with Crippen LogP contribution in [-0.2, 0) is 0 Å². The molecule has 0 unspecified atom stereocenters. The number of ether oxygens (including phenoxy) is 1. The molecule has 0 amide bonds. The van der Waals surface area contributed by atoms with Crippen molar-refractivity contribution in [1.82, 2.24) is 0 Å². The average molecular weight is 227 g/mol. The normalized spacial score (nSPS) is 10.5. The summed E-state index contributed by atoms with van der Waals surface area (Å²) in [6.45, 7) is 0. The summed E-state index contributed by atoms with van der Waals surface area (Å²) >= 11 is 5.85. The number of carboxylic acid groups (broad SMARTS) is 1. The third-order valence-corrected chi connectivity index (χ3v) is 2.40. The first kappa shape index (κ1) is 9.86. The Hall–Kier alpha value is -1.68. The molecule has 1 aromatic carbocycles. The van der Waals surface area contributed by atoms with Crippen molar-refractivity contribution in [2.75, 3.05) is 7.11 Å². The number of benzene rings is 1. The molecule has 78 valence electrons. The van der Waals surface area contributed by atoms with E-state index >= 15 is 0 Å². The number of furan rings is 1. The molecule has 0 aliphatic carbocycles. The molecule has 0 saturated heterocycles. The average Bonchev–Trinajstić information content (AvgIpc) is 2.56. The lowest BCUT2D eigenvalue weighted by Crippen LogP contribution is -1.93. The molecule has 0 radical (unpaired) electrons. The van der Waals surface area contributed by atoms with Crippen molar-refractivity contribution in [3.8, 4) is 5.75 Å². The monoisotopic (exact) mass is 226 g/mol. The molecule has 0 saturated carbocycles. The van der Waals surface area contributed by atoms with Crippen molar-refractivity contribution in [2.45, 2.75) is 0 Å². The van der Waals surface area contributed by atoms with Crippen molar-refractivity contribution in [2.24, 2.45) is 0 Å². The van der Waals surface area contributed by atoms with E-state index < -0.39 is 5.97 Å². The van der Waals surface area contributed by atoms with Gasteiger partial charge in [-0.15, -0.1) is 0 Å². The Bertz CT molecular complexity index is 529. The molecular formula is C10H7ClO4. The lowest BCUT2D eigenvalue weighted by atomic mass is 10.2. The minimum Gasteiger partial charge on any atom is -0.497 e. The second-order valence-corrected chi connectivity index (χ2v) is 3.29. The third-order valence-electron chi connectivity index (χ3n) is 2.03. The highest BCUT2D eigenvalue weighted by molar-refractivity contribution is 6.38. The van der Waals surface area contributed by atoms with Crippen LogP contribution in [0.15, 0.2) is 22.6 Å². The minimum absolute atomic E-state index is 0.0939. The Morgan fingerprint density at radius 2 is 2.27 bits per heavy atom. The van der Waals surface area contributed by atoms with E-state index in [2.05, 4.69) is 0 Å². The zero-order chi connectivity index (χ0) is 11.0. The van der Waals surface area contributed by atoms with Gasteiger partial charge in [0, 0.05) is 5.39 Å². The van der Waals surface area contributed by atoms with E-state index in [0.717, 1.165) is 0 Å². The predicted octanol–water partition coefficient (Wildman–Crippen LogP) is 2.79. The maximum absolute atomic E-state index is 10.7. The van der Waals surface area contributed by atoms with Gasteiger partial charge in [-0.05, 0) is 18.2 Å². The smallest absolute Gasteiger partial charge is 0.373 e. The first-order valence-corrected chi connectivity index (χ1v) is 4.50. The maximum atomic E-state index is 10.7. The van der Waals surface area contributed by atoms with Crippen LogP contribution in [0.1, 0.15) is 10.6 Å². The molecule has 0 bridgehead atoms. The molecule has 2 rings (SSSR count). The Morgan fingerprint density at radius 3 is 2.87 bits per heavy atom. The molecule has 1 N–H and O–H groups in total. The molecule has 0 atom stereocenters. The number of hydrogen-bond donors (Lipinski definition) is 1. The lowest BCUT2D eigenvalue weighted by Gasteiger charge is -1.97. The van der Waals surface area contributed by atoms with Crippen LogP contribution < -0.4 is 4.74 Å². The number of aromatic carboxylic acids is 1. The standard InChI is InChI=1S/C10H7ClO4/c1-14-5-2-3-7-6(4-5)8(11)9(15-7)10(12)13/h2-4H,1H3,(H,12,13). The van der Waals surface area contributed by atoms with Gasteiger partial charge < -0.3 is 14.3 Å². The summed E-state index contributed by atoms with van der Waals surface area (Å²) in [6.07, 6.45) is 0. The zero-order valence-corrected chi connectivity index (χ0v) is 8.54. The number of rotatable bonds is 2. The first-order chi connectivity index (χ1) is 7.13. The highest BCUT2D eigenvalue weighted by Gasteiger charge is 2.18. The van der Waals surface area contributed by atoms with E-state index in [1.54, 1.807) is 18.2 Å². The summed E-state index contributed by atoms with van der Waals surface area (Å²) in [7, 11) is 1.52. The van der Waals surface area contributed by atoms with Crippen molar-refractivity contribution in [3.05, 3.63) is 29.0 Å². The van der Waals surface area contributed by atoms with Gasteiger partial charge in [0.2, 0.25) is 5.76 Å². The van der Waals surface area contributed by atoms with E-state index in [4.69, 9.17) is 25.9 Å². The van der Waals surface area contributed by atoms with Crippen molar-refractivity contribution >= 4 is 28.5 Å². The summed E-state index contributed by atoms with van der Waals surface area (Å²) in [4.78, 5) is 10.7. The van der Waals surface area contributed by atoms with Crippen LogP contribution >= 0.6 is 11.6 Å². The molecule has 2 aromatic rings. The predicted molar refractivity (Wildman–Crippen MR) is 54.7 cm³/mol. The molecule has 5 heteroatoms. The highest BCUT2D eigenvalue weighted by atomic mass is 35.5. The van der Waals surface area contributed by atoms with E-state index in [1.807, 2.05) is 0 Å². The van der Waals surface area contributed by atoms with Gasteiger partial charge in [-0.1, -0.05) is 11.6 Å². The van der Waals surface area contributed by atoms with Gasteiger partial charge >= 0.3 is 5.97 Å². The lowest BCUT2D eigenvalue weighted by molar-refractivity contribution is 0.0665. The molecule has 0 fully saturated rings. The molecular weight excluding hydrogens is 220 g/mol. The van der Waals surface area contributed by atoms with Crippen LogP contribution in [0.3, 0.4) is 0 Å². The number of halogens is 1. The van der Waals surface area contributed by atoms with Crippen molar-refractivity contribution in [1.29, 1.82) is 0 Å². The SMILES string of the molecule is COc1ccc2oc(C(=O)O)c(Cl)c2c1. The second kappa shape index (κ2) is 3.47. The van der Waals surface area contributed by atoms with Crippen LogP contribution in [-0.4, -0.2) is 18.2 Å². The Morgan fingerprint density at radius 1 is 1.53 bits per heavy atom. The Balaban J connectivity index is 2.72. The van der Waals surface area contributed by atoms with Crippen LogP contribution in [0.25, 0.3) is 11.0 Å². The van der Waals surface area contributed by atoms with Gasteiger partial charge in [-0.2, -0.15) is 0 Å². The molecule has 1 heterocycles. The van der Waals surface area contributed by atoms with Crippen LogP contribution in [0.5, 0.6) is 5.75 Å². The second-order valence-electron chi connectivity index (χ2n) is 2.91. The molecule has 1 aromatic heterocycles. The fourth-order valence-corrected chi connectivity index (χ4v) is 1.58. The number of hydrogen-bond acceptors (Lipinski definition) is 3. The number of carboxylic acids is 1. The number of methoxy groups -OCH3 is 1. The fraction of sp³-hybridized carbons (Fsp3) is 0.100. The van der Waals surface area contributed by atoms with Gasteiger partial charge in [0.1, 0.15) is 16.4 Å².